The molecule has 0 fully saturated rings. The number of thiol groups is 1. The number of carbonyl (C=O) groups is 1. The second kappa shape index (κ2) is 13.1. The highest BCUT2D eigenvalue weighted by atomic mass is 35.5. The first-order valence-electron chi connectivity index (χ1n) is 4.66. The first-order valence-corrected chi connectivity index (χ1v) is 5.29. The summed E-state index contributed by atoms with van der Waals surface area (Å²) in [7, 11) is 0. The normalized spacial score (nSPS) is 11.1. The molecule has 0 amide bonds. The average molecular weight is 328 g/mol. The lowest BCUT2D eigenvalue weighted by Gasteiger charge is -2.13. The zero-order valence-corrected chi connectivity index (χ0v) is 11.9. The Hall–Kier alpha value is -0.310. The van der Waals surface area contributed by atoms with Crippen LogP contribution in [0, 0.1) is 5.41 Å². The Morgan fingerprint density at radius 2 is 1.89 bits per heavy atom. The van der Waals surface area contributed by atoms with Gasteiger partial charge in [0, 0.05) is 13.1 Å². The monoisotopic (exact) mass is 327 g/mol. The second-order valence-corrected chi connectivity index (χ2v) is 3.45. The molecule has 0 aromatic rings. The van der Waals surface area contributed by atoms with E-state index in [2.05, 4.69) is 23.3 Å². The summed E-state index contributed by atoms with van der Waals surface area (Å²) in [6.45, 7) is 0.277. The molecule has 1 unspecified atom stereocenters. The molecule has 0 saturated heterocycles. The van der Waals surface area contributed by atoms with E-state index in [1.807, 2.05) is 0 Å². The summed E-state index contributed by atoms with van der Waals surface area (Å²) >= 11 is 3.91. The van der Waals surface area contributed by atoms with Crippen LogP contribution in [-0.2, 0) is 4.79 Å². The largest absolute Gasteiger partial charge is 0.480 e. The van der Waals surface area contributed by atoms with Crippen molar-refractivity contribution in [1.29, 1.82) is 5.41 Å². The minimum Gasteiger partial charge on any atom is -0.480 e. The van der Waals surface area contributed by atoms with Crippen LogP contribution in [0.15, 0.2) is 0 Å². The molecule has 18 heavy (non-hydrogen) atoms. The third-order valence-corrected chi connectivity index (χ3v) is 2.02. The van der Waals surface area contributed by atoms with E-state index in [4.69, 9.17) is 10.5 Å². The summed E-state index contributed by atoms with van der Waals surface area (Å²) in [4.78, 5) is 10.6. The van der Waals surface area contributed by atoms with Crippen LogP contribution in [0.2, 0.25) is 0 Å². The molecule has 0 radical (unpaired) electrons. The van der Waals surface area contributed by atoms with Gasteiger partial charge in [-0.1, -0.05) is 0 Å². The maximum atomic E-state index is 11.9. The van der Waals surface area contributed by atoms with E-state index in [1.54, 1.807) is 0 Å². The van der Waals surface area contributed by atoms with Crippen LogP contribution in [0.3, 0.4) is 0 Å². The van der Waals surface area contributed by atoms with Crippen molar-refractivity contribution in [2.45, 2.75) is 18.9 Å². The molecule has 0 aromatic heterocycles. The number of aliphatic carboxylic acids is 1. The van der Waals surface area contributed by atoms with Crippen LogP contribution >= 0.6 is 37.4 Å². The molecule has 5 nitrogen and oxygen atoms in total. The van der Waals surface area contributed by atoms with Crippen molar-refractivity contribution in [1.82, 2.24) is 10.6 Å². The lowest BCUT2D eigenvalue weighted by atomic mass is 10.2. The van der Waals surface area contributed by atoms with Crippen molar-refractivity contribution in [3.63, 3.8) is 0 Å². The highest BCUT2D eigenvalue weighted by molar-refractivity contribution is 7.80. The lowest BCUT2D eigenvalue weighted by Crippen LogP contribution is -2.42. The van der Waals surface area contributed by atoms with E-state index in [0.29, 0.717) is 12.2 Å². The molecule has 0 rings (SSSR count). The van der Waals surface area contributed by atoms with Gasteiger partial charge in [-0.3, -0.25) is 10.2 Å². The Balaban J connectivity index is -0.00000112. The van der Waals surface area contributed by atoms with Crippen LogP contribution in [0.25, 0.3) is 0 Å². The number of amidine groups is 1. The quantitative estimate of drug-likeness (QED) is 0.199. The van der Waals surface area contributed by atoms with Gasteiger partial charge in [0.2, 0.25) is 0 Å². The Kier molecular flexibility index (Phi) is 16.7. The molecule has 0 aliphatic rings. The zero-order valence-electron chi connectivity index (χ0n) is 9.36. The molecule has 110 valence electrons. The fourth-order valence-corrected chi connectivity index (χ4v) is 1.22. The van der Waals surface area contributed by atoms with Gasteiger partial charge in [0.25, 0.3) is 6.43 Å². The first kappa shape index (κ1) is 22.8. The molecule has 0 aliphatic carbocycles. The minimum absolute atomic E-state index is 0. The topological polar surface area (TPSA) is 85.2 Å². The molecule has 4 N–H and O–H groups in total. The Morgan fingerprint density at radius 1 is 1.33 bits per heavy atom. The minimum atomic E-state index is -2.83. The number of carboxylic acid groups (broad SMARTS) is 1. The number of nitrogens with one attached hydrogen (secondary N) is 3. The van der Waals surface area contributed by atoms with Crippen LogP contribution in [-0.4, -0.2) is 48.2 Å². The highest BCUT2D eigenvalue weighted by Crippen LogP contribution is 1.94. The third kappa shape index (κ3) is 10.8. The van der Waals surface area contributed by atoms with Crippen molar-refractivity contribution in [2.24, 2.45) is 0 Å². The molecular weight excluding hydrogens is 311 g/mol. The van der Waals surface area contributed by atoms with Crippen LogP contribution < -0.4 is 10.6 Å². The van der Waals surface area contributed by atoms with Crippen molar-refractivity contribution in [3.05, 3.63) is 0 Å². The second-order valence-electron chi connectivity index (χ2n) is 3.00. The summed E-state index contributed by atoms with van der Waals surface area (Å²) in [5, 5.41) is 20.3. The van der Waals surface area contributed by atoms with Crippen LogP contribution in [0.4, 0.5) is 8.78 Å². The van der Waals surface area contributed by atoms with Gasteiger partial charge < -0.3 is 15.7 Å². The lowest BCUT2D eigenvalue weighted by molar-refractivity contribution is -0.139. The number of hydrogen-bond acceptors (Lipinski definition) is 4. The predicted octanol–water partition coefficient (Wildman–Crippen LogP) is 1.02. The summed E-state index contributed by atoms with van der Waals surface area (Å²) in [5.74, 6) is -1.44. The fourth-order valence-electron chi connectivity index (χ4n) is 0.963. The fraction of sp³-hybridized carbons (Fsp3) is 0.750. The van der Waals surface area contributed by atoms with Gasteiger partial charge >= 0.3 is 5.97 Å². The number of rotatable bonds is 8. The van der Waals surface area contributed by atoms with E-state index in [9.17, 15) is 13.6 Å². The summed E-state index contributed by atoms with van der Waals surface area (Å²) in [5.41, 5.74) is 0. The molecule has 0 aromatic carbocycles. The van der Waals surface area contributed by atoms with Crippen molar-refractivity contribution < 1.29 is 18.7 Å². The first-order chi connectivity index (χ1) is 7.49. The Morgan fingerprint density at radius 3 is 2.28 bits per heavy atom. The highest BCUT2D eigenvalue weighted by Gasteiger charge is 2.15. The number of hydrogen-bond donors (Lipinski definition) is 5. The van der Waals surface area contributed by atoms with E-state index < -0.39 is 24.3 Å². The molecule has 0 aliphatic heterocycles. The van der Waals surface area contributed by atoms with Gasteiger partial charge in [0.15, 0.2) is 5.84 Å². The van der Waals surface area contributed by atoms with Gasteiger partial charge in [-0.05, 0) is 12.2 Å². The number of alkyl halides is 2. The van der Waals surface area contributed by atoms with Crippen molar-refractivity contribution in [3.8, 4) is 0 Å². The number of halogens is 4. The molecule has 0 bridgehead atoms. The maximum Gasteiger partial charge on any atom is 0.320 e. The van der Waals surface area contributed by atoms with Crippen LogP contribution in [0.5, 0.6) is 0 Å². The SMILES string of the molecule is Cl.Cl.N=C(NCCNC(CCS)C(=O)O)C(F)F. The van der Waals surface area contributed by atoms with Crippen molar-refractivity contribution in [2.75, 3.05) is 18.8 Å². The smallest absolute Gasteiger partial charge is 0.320 e. The van der Waals surface area contributed by atoms with Gasteiger partial charge in [0.1, 0.15) is 6.04 Å². The Bertz CT molecular complexity index is 250. The maximum absolute atomic E-state index is 11.9. The van der Waals surface area contributed by atoms with E-state index in [0.717, 1.165) is 0 Å². The molecule has 0 saturated carbocycles. The average Bonchev–Trinajstić information content (AvgIpc) is 2.21. The summed E-state index contributed by atoms with van der Waals surface area (Å²) in [6.07, 6.45) is -2.47. The van der Waals surface area contributed by atoms with Gasteiger partial charge in [-0.2, -0.15) is 12.6 Å². The standard InChI is InChI=1S/C8H15F2N3O2S.2ClH/c9-6(10)7(11)13-3-2-12-5(1-4-16)8(14)15;;/h5-6,12,16H,1-4H2,(H2,11,13)(H,14,15);2*1H. The van der Waals surface area contributed by atoms with Gasteiger partial charge in [0.05, 0.1) is 0 Å². The molecule has 1 atom stereocenters. The van der Waals surface area contributed by atoms with E-state index >= 15 is 0 Å². The predicted molar refractivity (Wildman–Crippen MR) is 74.1 cm³/mol. The molecule has 0 spiro atoms. The third-order valence-electron chi connectivity index (χ3n) is 1.77. The Labute approximate surface area is 122 Å². The molecular formula is C8H17Cl2F2N3O2S. The van der Waals surface area contributed by atoms with Crippen LogP contribution in [0.1, 0.15) is 6.42 Å². The van der Waals surface area contributed by atoms with E-state index in [1.165, 1.54) is 0 Å². The van der Waals surface area contributed by atoms with Gasteiger partial charge in [-0.15, -0.1) is 24.8 Å². The van der Waals surface area contributed by atoms with E-state index in [-0.39, 0.29) is 37.9 Å². The van der Waals surface area contributed by atoms with Gasteiger partial charge in [-0.25, -0.2) is 8.78 Å². The number of carboxylic acids is 1. The van der Waals surface area contributed by atoms with Crippen molar-refractivity contribution >= 4 is 49.2 Å². The summed E-state index contributed by atoms with van der Waals surface area (Å²) in [6, 6.07) is -0.736. The zero-order chi connectivity index (χ0) is 12.6. The molecule has 0 heterocycles. The summed E-state index contributed by atoms with van der Waals surface area (Å²) < 4.78 is 23.7. The molecule has 10 heteroatoms.